The van der Waals surface area contributed by atoms with Crippen LogP contribution in [0.25, 0.3) is 11.0 Å². The Balaban J connectivity index is 1.41. The molecule has 0 spiro atoms. The summed E-state index contributed by atoms with van der Waals surface area (Å²) in [6.07, 6.45) is 0.862. The summed E-state index contributed by atoms with van der Waals surface area (Å²) < 4.78 is 8.42. The zero-order chi connectivity index (χ0) is 26.0. The van der Waals surface area contributed by atoms with Crippen molar-refractivity contribution in [3.8, 4) is 11.8 Å². The molecule has 0 radical (unpaired) electrons. The van der Waals surface area contributed by atoms with Gasteiger partial charge in [0.05, 0.1) is 16.6 Å². The predicted molar refractivity (Wildman–Crippen MR) is 134 cm³/mol. The minimum atomic E-state index is -0.721. The van der Waals surface area contributed by atoms with Gasteiger partial charge in [0.2, 0.25) is 11.8 Å². The first-order chi connectivity index (χ1) is 17.0. The van der Waals surface area contributed by atoms with Crippen LogP contribution in [-0.4, -0.2) is 75.2 Å². The van der Waals surface area contributed by atoms with Gasteiger partial charge in [-0.1, -0.05) is 17.9 Å². The molecule has 1 aromatic carbocycles. The molecule has 36 heavy (non-hydrogen) atoms. The number of carbonyl (C=O) groups excluding carboxylic acids is 3. The summed E-state index contributed by atoms with van der Waals surface area (Å²) >= 11 is 0. The average molecular weight is 496 g/mol. The van der Waals surface area contributed by atoms with Crippen LogP contribution >= 0.6 is 0 Å². The van der Waals surface area contributed by atoms with E-state index in [1.165, 1.54) is 9.13 Å². The normalized spacial score (nSPS) is 19.1. The van der Waals surface area contributed by atoms with Crippen LogP contribution in [0.2, 0.25) is 0 Å². The number of nitrogens with one attached hydrogen (secondary N) is 1. The fraction of sp³-hybridized carbons (Fsp3) is 0.538. The summed E-state index contributed by atoms with van der Waals surface area (Å²) in [5, 5.41) is 2.33. The number of aryl methyl sites for hydroxylation is 1. The Labute approximate surface area is 210 Å². The SMILES string of the molecule is Cn1c(=O)n(C2CCC(=O)NC2=O)c2cccc(C#CCCN3CCN(C(=O)OC(C)(C)C)CC3)c21. The van der Waals surface area contributed by atoms with E-state index in [0.717, 1.165) is 19.6 Å². The number of fused-ring (bicyclic) bond motifs is 1. The zero-order valence-electron chi connectivity index (χ0n) is 21.3. The molecule has 192 valence electrons. The standard InChI is InChI=1S/C26H33N5O5/c1-26(2,3)36-25(35)30-16-14-29(15-17-30)13-6-5-8-18-9-7-10-19-22(18)28(4)24(34)31(19)20-11-12-21(32)27-23(20)33/h7,9-10,20H,6,11-17H2,1-4H3,(H,27,32,33). The largest absolute Gasteiger partial charge is 0.444 e. The fourth-order valence-corrected chi connectivity index (χ4v) is 4.62. The molecule has 0 aliphatic carbocycles. The van der Waals surface area contributed by atoms with Crippen molar-refractivity contribution in [3.05, 3.63) is 34.2 Å². The quantitative estimate of drug-likeness (QED) is 0.512. The number of carbonyl (C=O) groups is 3. The lowest BCUT2D eigenvalue weighted by Crippen LogP contribution is -2.50. The third-order valence-electron chi connectivity index (χ3n) is 6.42. The molecule has 1 aromatic heterocycles. The number of piperazine rings is 1. The number of nitrogens with zero attached hydrogens (tertiary/aromatic N) is 4. The van der Waals surface area contributed by atoms with Crippen molar-refractivity contribution < 1.29 is 19.1 Å². The molecule has 3 amide bonds. The van der Waals surface area contributed by atoms with Crippen molar-refractivity contribution in [3.63, 3.8) is 0 Å². The van der Waals surface area contributed by atoms with Crippen molar-refractivity contribution >= 4 is 28.9 Å². The Bertz CT molecular complexity index is 1300. The Morgan fingerprint density at radius 1 is 1.14 bits per heavy atom. The number of hydrogen-bond acceptors (Lipinski definition) is 6. The molecule has 10 nitrogen and oxygen atoms in total. The lowest BCUT2D eigenvalue weighted by Gasteiger charge is -2.35. The molecule has 10 heteroatoms. The van der Waals surface area contributed by atoms with Crippen LogP contribution in [0.1, 0.15) is 51.6 Å². The van der Waals surface area contributed by atoms with Crippen LogP contribution in [0.4, 0.5) is 4.79 Å². The minimum absolute atomic E-state index is 0.199. The third-order valence-corrected chi connectivity index (χ3v) is 6.42. The molecule has 0 bridgehead atoms. The van der Waals surface area contributed by atoms with Gasteiger partial charge in [-0.2, -0.15) is 0 Å². The predicted octanol–water partition coefficient (Wildman–Crippen LogP) is 1.61. The second-order valence-corrected chi connectivity index (χ2v) is 10.2. The number of para-hydroxylation sites is 1. The van der Waals surface area contributed by atoms with Gasteiger partial charge in [0.1, 0.15) is 11.6 Å². The van der Waals surface area contributed by atoms with Crippen molar-refractivity contribution in [1.82, 2.24) is 24.3 Å². The molecule has 4 rings (SSSR count). The molecule has 0 saturated carbocycles. The van der Waals surface area contributed by atoms with Crippen molar-refractivity contribution in [2.24, 2.45) is 7.05 Å². The molecular formula is C26H33N5O5. The Hall–Kier alpha value is -3.58. The molecule has 1 unspecified atom stereocenters. The lowest BCUT2D eigenvalue weighted by atomic mass is 10.1. The van der Waals surface area contributed by atoms with E-state index in [1.807, 2.05) is 32.9 Å². The van der Waals surface area contributed by atoms with E-state index in [1.54, 1.807) is 18.0 Å². The number of piperidine rings is 1. The first-order valence-electron chi connectivity index (χ1n) is 12.3. The lowest BCUT2D eigenvalue weighted by molar-refractivity contribution is -0.135. The van der Waals surface area contributed by atoms with Crippen LogP contribution in [-0.2, 0) is 21.4 Å². The second kappa shape index (κ2) is 10.2. The fourth-order valence-electron chi connectivity index (χ4n) is 4.62. The van der Waals surface area contributed by atoms with Crippen LogP contribution in [0.5, 0.6) is 0 Å². The van der Waals surface area contributed by atoms with Gasteiger partial charge in [0, 0.05) is 52.6 Å². The molecule has 1 atom stereocenters. The summed E-state index contributed by atoms with van der Waals surface area (Å²) in [6.45, 7) is 9.14. The smallest absolute Gasteiger partial charge is 0.410 e. The summed E-state index contributed by atoms with van der Waals surface area (Å²) in [5.74, 6) is 5.63. The van der Waals surface area contributed by atoms with E-state index in [-0.39, 0.29) is 24.1 Å². The number of ether oxygens (including phenoxy) is 1. The topological polar surface area (TPSA) is 106 Å². The molecule has 3 heterocycles. The summed E-state index contributed by atoms with van der Waals surface area (Å²) in [4.78, 5) is 53.2. The summed E-state index contributed by atoms with van der Waals surface area (Å²) in [7, 11) is 1.67. The highest BCUT2D eigenvalue weighted by Crippen LogP contribution is 2.24. The average Bonchev–Trinajstić information content (AvgIpc) is 3.07. The summed E-state index contributed by atoms with van der Waals surface area (Å²) in [5.41, 5.74) is 1.20. The number of rotatable bonds is 3. The Morgan fingerprint density at radius 2 is 1.86 bits per heavy atom. The molecule has 2 aliphatic rings. The van der Waals surface area contributed by atoms with Gasteiger partial charge in [-0.05, 0) is 39.3 Å². The maximum atomic E-state index is 13.0. The van der Waals surface area contributed by atoms with Crippen LogP contribution in [0, 0.1) is 11.8 Å². The highest BCUT2D eigenvalue weighted by Gasteiger charge is 2.31. The number of amides is 3. The number of imidazole rings is 1. The molecule has 2 aromatic rings. The number of imide groups is 1. The monoisotopic (exact) mass is 495 g/mol. The highest BCUT2D eigenvalue weighted by molar-refractivity contribution is 6.00. The molecule has 2 fully saturated rings. The maximum Gasteiger partial charge on any atom is 0.410 e. The molecule has 2 saturated heterocycles. The second-order valence-electron chi connectivity index (χ2n) is 10.2. The van der Waals surface area contributed by atoms with Crippen LogP contribution in [0.3, 0.4) is 0 Å². The van der Waals surface area contributed by atoms with Crippen molar-refractivity contribution in [2.45, 2.75) is 51.7 Å². The van der Waals surface area contributed by atoms with Crippen LogP contribution < -0.4 is 11.0 Å². The zero-order valence-corrected chi connectivity index (χ0v) is 21.3. The van der Waals surface area contributed by atoms with E-state index in [4.69, 9.17) is 4.74 Å². The molecule has 1 N–H and O–H groups in total. The van der Waals surface area contributed by atoms with E-state index < -0.39 is 17.6 Å². The highest BCUT2D eigenvalue weighted by atomic mass is 16.6. The first-order valence-corrected chi connectivity index (χ1v) is 12.3. The molecular weight excluding hydrogens is 462 g/mol. The Morgan fingerprint density at radius 3 is 2.53 bits per heavy atom. The van der Waals surface area contributed by atoms with Gasteiger partial charge in [-0.25, -0.2) is 9.59 Å². The van der Waals surface area contributed by atoms with Gasteiger partial charge in [-0.15, -0.1) is 0 Å². The minimum Gasteiger partial charge on any atom is -0.444 e. The molecule has 2 aliphatic heterocycles. The Kier molecular flexibility index (Phi) is 7.22. The van der Waals surface area contributed by atoms with Crippen molar-refractivity contribution in [2.75, 3.05) is 32.7 Å². The van der Waals surface area contributed by atoms with Gasteiger partial charge in [0.15, 0.2) is 0 Å². The number of hydrogen-bond donors (Lipinski definition) is 1. The van der Waals surface area contributed by atoms with Gasteiger partial charge >= 0.3 is 11.8 Å². The van der Waals surface area contributed by atoms with Gasteiger partial charge in [0.25, 0.3) is 0 Å². The van der Waals surface area contributed by atoms with E-state index in [0.29, 0.717) is 42.5 Å². The summed E-state index contributed by atoms with van der Waals surface area (Å²) in [6, 6.07) is 4.77. The first kappa shape index (κ1) is 25.5. The van der Waals surface area contributed by atoms with Gasteiger partial charge < -0.3 is 9.64 Å². The van der Waals surface area contributed by atoms with E-state index >= 15 is 0 Å². The van der Waals surface area contributed by atoms with E-state index in [9.17, 15) is 19.2 Å². The van der Waals surface area contributed by atoms with Crippen LogP contribution in [0.15, 0.2) is 23.0 Å². The maximum absolute atomic E-state index is 13.0. The third kappa shape index (κ3) is 5.46. The van der Waals surface area contributed by atoms with E-state index in [2.05, 4.69) is 22.1 Å². The number of benzene rings is 1. The van der Waals surface area contributed by atoms with Crippen molar-refractivity contribution in [1.29, 1.82) is 0 Å². The van der Waals surface area contributed by atoms with Gasteiger partial charge in [-0.3, -0.25) is 28.9 Å². The number of aromatic nitrogens is 2.